The van der Waals surface area contributed by atoms with Crippen molar-refractivity contribution in [1.82, 2.24) is 15.6 Å². The quantitative estimate of drug-likeness (QED) is 0.256. The first-order valence-corrected chi connectivity index (χ1v) is 6.78. The van der Waals surface area contributed by atoms with Gasteiger partial charge in [0.2, 0.25) is 0 Å². The molecule has 0 fully saturated rings. The van der Waals surface area contributed by atoms with E-state index in [0.717, 1.165) is 27.7 Å². The monoisotopic (exact) mass is 292 g/mol. The van der Waals surface area contributed by atoms with Gasteiger partial charge >= 0.3 is 0 Å². The fraction of sp³-hybridized carbons (Fsp3) is 0. The molecule has 0 atom stereocenters. The van der Waals surface area contributed by atoms with Crippen LogP contribution in [0.4, 0.5) is 0 Å². The molecule has 2 aromatic carbocycles. The highest BCUT2D eigenvalue weighted by atomic mass is 15.3. The fourth-order valence-corrected chi connectivity index (χ4v) is 2.24. The highest BCUT2D eigenvalue weighted by molar-refractivity contribution is 6.02. The number of hydrazone groups is 1. The highest BCUT2D eigenvalue weighted by Gasteiger charge is 2.07. The van der Waals surface area contributed by atoms with Crippen LogP contribution < -0.4 is 17.1 Å². The van der Waals surface area contributed by atoms with Gasteiger partial charge in [-0.05, 0) is 29.8 Å². The maximum Gasteiger partial charge on any atom is 0.166 e. The Morgan fingerprint density at radius 2 is 1.95 bits per heavy atom. The molecule has 6 N–H and O–H groups in total. The van der Waals surface area contributed by atoms with E-state index >= 15 is 0 Å². The van der Waals surface area contributed by atoms with E-state index in [0.29, 0.717) is 5.84 Å². The van der Waals surface area contributed by atoms with E-state index in [1.54, 1.807) is 0 Å². The predicted molar refractivity (Wildman–Crippen MR) is 89.5 cm³/mol. The van der Waals surface area contributed by atoms with Gasteiger partial charge in [-0.15, -0.1) is 0 Å². The molecule has 110 valence electrons. The van der Waals surface area contributed by atoms with Crippen LogP contribution in [0.2, 0.25) is 0 Å². The summed E-state index contributed by atoms with van der Waals surface area (Å²) in [6.07, 6.45) is 3.98. The third kappa shape index (κ3) is 2.68. The number of nitrogens with two attached hydrogens (primary N) is 2. The van der Waals surface area contributed by atoms with Gasteiger partial charge in [0.1, 0.15) is 0 Å². The maximum atomic E-state index is 5.41. The molecule has 3 aromatic rings. The molecule has 0 saturated carbocycles. The van der Waals surface area contributed by atoms with Crippen LogP contribution in [-0.4, -0.2) is 16.0 Å². The second kappa shape index (κ2) is 6.11. The van der Waals surface area contributed by atoms with E-state index in [-0.39, 0.29) is 0 Å². The lowest BCUT2D eigenvalue weighted by Crippen LogP contribution is -2.31. The van der Waals surface area contributed by atoms with Gasteiger partial charge in [0.15, 0.2) is 5.84 Å². The van der Waals surface area contributed by atoms with Crippen molar-refractivity contribution in [2.24, 2.45) is 16.8 Å². The second-order valence-electron chi connectivity index (χ2n) is 4.74. The van der Waals surface area contributed by atoms with E-state index in [4.69, 9.17) is 11.7 Å². The van der Waals surface area contributed by atoms with Crippen LogP contribution in [-0.2, 0) is 0 Å². The van der Waals surface area contributed by atoms with Gasteiger partial charge < -0.3 is 11.3 Å². The number of aromatic amines is 1. The summed E-state index contributed by atoms with van der Waals surface area (Å²) in [5.41, 5.74) is 6.17. The van der Waals surface area contributed by atoms with Crippen molar-refractivity contribution in [2.75, 3.05) is 0 Å². The Hall–Kier alpha value is -3.12. The van der Waals surface area contributed by atoms with Crippen LogP contribution in [0.3, 0.4) is 0 Å². The number of benzene rings is 2. The fourth-order valence-electron chi connectivity index (χ4n) is 2.24. The number of aromatic nitrogens is 2. The van der Waals surface area contributed by atoms with Gasteiger partial charge in [-0.3, -0.25) is 5.10 Å². The highest BCUT2D eigenvalue weighted by Crippen LogP contribution is 2.20. The molecule has 1 heterocycles. The zero-order valence-corrected chi connectivity index (χ0v) is 11.8. The summed E-state index contributed by atoms with van der Waals surface area (Å²) < 4.78 is 0. The molecule has 3 rings (SSSR count). The number of rotatable bonds is 3. The van der Waals surface area contributed by atoms with E-state index in [2.05, 4.69) is 20.7 Å². The Bertz CT molecular complexity index is 832. The molecule has 22 heavy (non-hydrogen) atoms. The molecule has 0 spiro atoms. The van der Waals surface area contributed by atoms with Crippen molar-refractivity contribution < 1.29 is 0 Å². The van der Waals surface area contributed by atoms with Crippen molar-refractivity contribution in [3.8, 4) is 0 Å². The number of hydrogen-bond acceptors (Lipinski definition) is 4. The minimum Gasteiger partial charge on any atom is -0.321 e. The molecule has 0 saturated heterocycles. The number of nitrogens with one attached hydrogen (secondary N) is 2. The standard InChI is InChI=1S/C16H16N6/c17-19-16(20-18)12-7-9-15-13(10-12)14(21-22-15)8-6-11-4-2-1-3-5-11/h1-10H,17-18H2,(H,19,20)(H,21,22)/b8-6+. The third-order valence-corrected chi connectivity index (χ3v) is 3.36. The Balaban J connectivity index is 2.00. The van der Waals surface area contributed by atoms with E-state index in [1.165, 1.54) is 0 Å². The normalized spacial score (nSPS) is 12.1. The number of amidine groups is 1. The minimum absolute atomic E-state index is 0.418. The molecule has 0 aliphatic carbocycles. The van der Waals surface area contributed by atoms with Crippen molar-refractivity contribution in [2.45, 2.75) is 0 Å². The van der Waals surface area contributed by atoms with Crippen molar-refractivity contribution in [3.63, 3.8) is 0 Å². The van der Waals surface area contributed by atoms with Crippen LogP contribution in [0.15, 0.2) is 53.6 Å². The summed E-state index contributed by atoms with van der Waals surface area (Å²) >= 11 is 0. The van der Waals surface area contributed by atoms with Crippen LogP contribution in [0.5, 0.6) is 0 Å². The van der Waals surface area contributed by atoms with E-state index in [1.807, 2.05) is 60.7 Å². The molecule has 0 radical (unpaired) electrons. The van der Waals surface area contributed by atoms with Crippen LogP contribution in [0.1, 0.15) is 16.8 Å². The van der Waals surface area contributed by atoms with Gasteiger partial charge in [-0.2, -0.15) is 10.2 Å². The molecule has 1 aromatic heterocycles. The number of fused-ring (bicyclic) bond motifs is 1. The Morgan fingerprint density at radius 3 is 2.68 bits per heavy atom. The molecule has 0 unspecified atom stereocenters. The summed E-state index contributed by atoms with van der Waals surface area (Å²) in [4.78, 5) is 0. The van der Waals surface area contributed by atoms with Crippen molar-refractivity contribution in [3.05, 3.63) is 65.4 Å². The van der Waals surface area contributed by atoms with Gasteiger partial charge in [-0.25, -0.2) is 5.84 Å². The van der Waals surface area contributed by atoms with Crippen molar-refractivity contribution >= 4 is 28.9 Å². The van der Waals surface area contributed by atoms with Crippen molar-refractivity contribution in [1.29, 1.82) is 0 Å². The smallest absolute Gasteiger partial charge is 0.166 e. The molecule has 0 aliphatic rings. The van der Waals surface area contributed by atoms with Gasteiger partial charge in [0, 0.05) is 10.9 Å². The van der Waals surface area contributed by atoms with Crippen LogP contribution in [0, 0.1) is 0 Å². The van der Waals surface area contributed by atoms with E-state index < -0.39 is 0 Å². The van der Waals surface area contributed by atoms with Crippen LogP contribution >= 0.6 is 0 Å². The summed E-state index contributed by atoms with van der Waals surface area (Å²) in [6.45, 7) is 0. The molecular weight excluding hydrogens is 276 g/mol. The van der Waals surface area contributed by atoms with Gasteiger partial charge in [0.05, 0.1) is 11.2 Å². The number of hydrogen-bond donors (Lipinski definition) is 4. The van der Waals surface area contributed by atoms with Gasteiger partial charge in [-0.1, -0.05) is 36.4 Å². The summed E-state index contributed by atoms with van der Waals surface area (Å²) in [6, 6.07) is 15.8. The number of nitrogens with zero attached hydrogens (tertiary/aromatic N) is 2. The third-order valence-electron chi connectivity index (χ3n) is 3.36. The van der Waals surface area contributed by atoms with E-state index in [9.17, 15) is 0 Å². The lowest BCUT2D eigenvalue weighted by molar-refractivity contribution is 1.00. The first-order valence-electron chi connectivity index (χ1n) is 6.78. The molecular formula is C16H16N6. The summed E-state index contributed by atoms with van der Waals surface area (Å²) in [5, 5.41) is 11.9. The summed E-state index contributed by atoms with van der Waals surface area (Å²) in [7, 11) is 0. The molecule has 0 amide bonds. The lowest BCUT2D eigenvalue weighted by atomic mass is 10.1. The molecule has 0 bridgehead atoms. The predicted octanol–water partition coefficient (Wildman–Crippen LogP) is 1.82. The Kier molecular flexibility index (Phi) is 3.84. The lowest BCUT2D eigenvalue weighted by Gasteiger charge is -2.03. The second-order valence-corrected chi connectivity index (χ2v) is 4.74. The minimum atomic E-state index is 0.418. The van der Waals surface area contributed by atoms with Crippen LogP contribution in [0.25, 0.3) is 23.1 Å². The summed E-state index contributed by atoms with van der Waals surface area (Å²) in [5.74, 6) is 11.1. The Labute approximate surface area is 127 Å². The number of H-pyrrole nitrogens is 1. The number of hydrazine groups is 1. The zero-order chi connectivity index (χ0) is 15.4. The Morgan fingerprint density at radius 1 is 1.14 bits per heavy atom. The largest absolute Gasteiger partial charge is 0.321 e. The average molecular weight is 292 g/mol. The molecule has 6 nitrogen and oxygen atoms in total. The molecule has 0 aliphatic heterocycles. The zero-order valence-electron chi connectivity index (χ0n) is 11.8. The first kappa shape index (κ1) is 13.8. The maximum absolute atomic E-state index is 5.41. The van der Waals surface area contributed by atoms with Gasteiger partial charge in [0.25, 0.3) is 0 Å². The topological polar surface area (TPSA) is 105 Å². The molecule has 6 heteroatoms. The first-order chi connectivity index (χ1) is 10.8. The average Bonchev–Trinajstić information content (AvgIpc) is 2.97. The SMILES string of the molecule is N/N=C(\NN)c1ccc2[nH]nc(/C=C/c3ccccc3)c2c1.